The van der Waals surface area contributed by atoms with Crippen molar-refractivity contribution in [3.63, 3.8) is 0 Å². The van der Waals surface area contributed by atoms with Crippen LogP contribution in [-0.2, 0) is 22.8 Å². The van der Waals surface area contributed by atoms with Crippen LogP contribution in [0.15, 0.2) is 65.8 Å². The van der Waals surface area contributed by atoms with E-state index in [0.29, 0.717) is 12.4 Å². The molecule has 2 aromatic carbocycles. The summed E-state index contributed by atoms with van der Waals surface area (Å²) in [6.07, 6.45) is 4.11. The van der Waals surface area contributed by atoms with Crippen molar-refractivity contribution in [3.05, 3.63) is 72.1 Å². The quantitative estimate of drug-likeness (QED) is 0.576. The first-order chi connectivity index (χ1) is 16.4. The zero-order valence-corrected chi connectivity index (χ0v) is 19.9. The van der Waals surface area contributed by atoms with Crippen molar-refractivity contribution in [3.8, 4) is 0 Å². The lowest BCUT2D eigenvalue weighted by atomic mass is 9.94. The molecule has 0 spiro atoms. The van der Waals surface area contributed by atoms with Crippen molar-refractivity contribution in [2.24, 2.45) is 0 Å². The van der Waals surface area contributed by atoms with Gasteiger partial charge < -0.3 is 15.3 Å². The number of hydrogen-bond donors (Lipinski definition) is 2. The highest BCUT2D eigenvalue weighted by atomic mass is 32.2. The first-order valence-electron chi connectivity index (χ1n) is 11.5. The fourth-order valence-electron chi connectivity index (χ4n) is 4.88. The summed E-state index contributed by atoms with van der Waals surface area (Å²) in [6, 6.07) is 17.1. The van der Waals surface area contributed by atoms with Crippen molar-refractivity contribution in [2.45, 2.75) is 36.4 Å². The molecule has 0 amide bonds. The van der Waals surface area contributed by atoms with Crippen LogP contribution in [0.4, 0.5) is 17.3 Å². The van der Waals surface area contributed by atoms with Crippen molar-refractivity contribution in [2.75, 3.05) is 36.1 Å². The molecule has 0 radical (unpaired) electrons. The average Bonchev–Trinajstić information content (AvgIpc) is 2.84. The molecule has 0 saturated carbocycles. The van der Waals surface area contributed by atoms with Gasteiger partial charge in [0.1, 0.15) is 18.0 Å². The number of anilines is 3. The molecule has 2 aliphatic heterocycles. The summed E-state index contributed by atoms with van der Waals surface area (Å²) in [5.41, 5.74) is 3.51. The minimum absolute atomic E-state index is 0.136. The molecule has 2 aliphatic rings. The van der Waals surface area contributed by atoms with Gasteiger partial charge in [-0.25, -0.2) is 18.4 Å². The van der Waals surface area contributed by atoms with E-state index in [1.165, 1.54) is 23.7 Å². The standard InChI is InChI=1S/C25H29N5O3S/c1-34(32,33)21-8-6-20(7-9-21)28-24-14-25(27-17-26-24)30-13-11-22(23(31)16-30)29-12-10-18-4-2-3-5-19(18)15-29/h2-9,14,17,22-23,31H,10-13,15-16H2,1H3,(H,26,27,28). The molecule has 2 N–H and O–H groups in total. The van der Waals surface area contributed by atoms with Gasteiger partial charge in [0.15, 0.2) is 9.84 Å². The van der Waals surface area contributed by atoms with E-state index in [1.807, 2.05) is 6.07 Å². The van der Waals surface area contributed by atoms with Gasteiger partial charge in [0, 0.05) is 50.2 Å². The molecule has 1 saturated heterocycles. The minimum Gasteiger partial charge on any atom is -0.390 e. The number of nitrogens with one attached hydrogen (secondary N) is 1. The second-order valence-electron chi connectivity index (χ2n) is 9.04. The highest BCUT2D eigenvalue weighted by molar-refractivity contribution is 7.90. The Hall–Kier alpha value is -3.01. The van der Waals surface area contributed by atoms with Gasteiger partial charge in [0.05, 0.1) is 11.0 Å². The molecule has 1 fully saturated rings. The molecule has 8 nitrogen and oxygen atoms in total. The Balaban J connectivity index is 1.23. The summed E-state index contributed by atoms with van der Waals surface area (Å²) in [5.74, 6) is 1.37. The van der Waals surface area contributed by atoms with E-state index < -0.39 is 15.9 Å². The van der Waals surface area contributed by atoms with Crippen LogP contribution in [0.25, 0.3) is 0 Å². The second-order valence-corrected chi connectivity index (χ2v) is 11.1. The molecule has 0 aliphatic carbocycles. The molecule has 3 heterocycles. The van der Waals surface area contributed by atoms with E-state index in [9.17, 15) is 13.5 Å². The van der Waals surface area contributed by atoms with Gasteiger partial charge in [-0.2, -0.15) is 0 Å². The Morgan fingerprint density at radius 1 is 1.03 bits per heavy atom. The molecular weight excluding hydrogens is 450 g/mol. The molecule has 5 rings (SSSR count). The normalized spacial score (nSPS) is 21.2. The van der Waals surface area contributed by atoms with Crippen molar-refractivity contribution >= 4 is 27.2 Å². The number of fused-ring (bicyclic) bond motifs is 1. The Bertz CT molecular complexity index is 1270. The third kappa shape index (κ3) is 4.91. The lowest BCUT2D eigenvalue weighted by Crippen LogP contribution is -2.55. The largest absolute Gasteiger partial charge is 0.390 e. The lowest BCUT2D eigenvalue weighted by Gasteiger charge is -2.43. The zero-order valence-electron chi connectivity index (χ0n) is 19.1. The third-order valence-corrected chi connectivity index (χ3v) is 7.84. The molecule has 2 unspecified atom stereocenters. The summed E-state index contributed by atoms with van der Waals surface area (Å²) >= 11 is 0. The zero-order chi connectivity index (χ0) is 23.7. The van der Waals surface area contributed by atoms with Gasteiger partial charge >= 0.3 is 0 Å². The summed E-state index contributed by atoms with van der Waals surface area (Å²) in [4.78, 5) is 13.5. The number of sulfone groups is 1. The lowest BCUT2D eigenvalue weighted by molar-refractivity contribution is 0.0293. The van der Waals surface area contributed by atoms with E-state index in [2.05, 4.69) is 49.4 Å². The smallest absolute Gasteiger partial charge is 0.175 e. The van der Waals surface area contributed by atoms with Crippen molar-refractivity contribution in [1.82, 2.24) is 14.9 Å². The number of nitrogens with zero attached hydrogens (tertiary/aromatic N) is 4. The van der Waals surface area contributed by atoms with Crippen LogP contribution in [-0.4, -0.2) is 66.4 Å². The summed E-state index contributed by atoms with van der Waals surface area (Å²) in [7, 11) is -3.23. The van der Waals surface area contributed by atoms with Crippen molar-refractivity contribution < 1.29 is 13.5 Å². The van der Waals surface area contributed by atoms with Gasteiger partial charge in [0.25, 0.3) is 0 Å². The van der Waals surface area contributed by atoms with Crippen LogP contribution in [0.5, 0.6) is 0 Å². The first kappa shape index (κ1) is 22.8. The number of β-amino-alcohol motifs (C(OH)–C–C–N with tert-alkyl or cyclic N) is 1. The molecule has 3 aromatic rings. The SMILES string of the molecule is CS(=O)(=O)c1ccc(Nc2cc(N3CCC(N4CCc5ccccc5C4)C(O)C3)ncn2)cc1. The maximum absolute atomic E-state index is 11.7. The molecule has 1 aromatic heterocycles. The predicted octanol–water partition coefficient (Wildman–Crippen LogP) is 2.62. The molecule has 9 heteroatoms. The van der Waals surface area contributed by atoms with Crippen LogP contribution in [0, 0.1) is 0 Å². The monoisotopic (exact) mass is 479 g/mol. The minimum atomic E-state index is -3.23. The Labute approximate surface area is 200 Å². The van der Waals surface area contributed by atoms with E-state index in [0.717, 1.165) is 44.0 Å². The summed E-state index contributed by atoms with van der Waals surface area (Å²) in [6.45, 7) is 3.18. The second kappa shape index (κ2) is 9.32. The van der Waals surface area contributed by atoms with Crippen LogP contribution in [0.2, 0.25) is 0 Å². The summed E-state index contributed by atoms with van der Waals surface area (Å²) < 4.78 is 23.3. The van der Waals surface area contributed by atoms with Crippen LogP contribution in [0.3, 0.4) is 0 Å². The maximum atomic E-state index is 11.7. The van der Waals surface area contributed by atoms with Gasteiger partial charge in [0.2, 0.25) is 0 Å². The molecule has 34 heavy (non-hydrogen) atoms. The van der Waals surface area contributed by atoms with Gasteiger partial charge in [-0.3, -0.25) is 4.90 Å². The molecular formula is C25H29N5O3S. The Morgan fingerprint density at radius 3 is 2.53 bits per heavy atom. The van der Waals surface area contributed by atoms with E-state index in [4.69, 9.17) is 0 Å². The van der Waals surface area contributed by atoms with E-state index in [-0.39, 0.29) is 10.9 Å². The number of piperidine rings is 1. The average molecular weight is 480 g/mol. The predicted molar refractivity (Wildman–Crippen MR) is 132 cm³/mol. The fourth-order valence-corrected chi connectivity index (χ4v) is 5.51. The van der Waals surface area contributed by atoms with E-state index in [1.54, 1.807) is 24.3 Å². The number of aromatic nitrogens is 2. The van der Waals surface area contributed by atoms with Gasteiger partial charge in [-0.1, -0.05) is 24.3 Å². The highest BCUT2D eigenvalue weighted by Gasteiger charge is 2.34. The van der Waals surface area contributed by atoms with E-state index >= 15 is 0 Å². The van der Waals surface area contributed by atoms with Gasteiger partial charge in [-0.15, -0.1) is 0 Å². The molecule has 0 bridgehead atoms. The number of aliphatic hydroxyl groups is 1. The van der Waals surface area contributed by atoms with Crippen molar-refractivity contribution in [1.29, 1.82) is 0 Å². The number of hydrogen-bond acceptors (Lipinski definition) is 8. The third-order valence-electron chi connectivity index (χ3n) is 6.71. The Morgan fingerprint density at radius 2 is 1.79 bits per heavy atom. The fraction of sp³-hybridized carbons (Fsp3) is 0.360. The summed E-state index contributed by atoms with van der Waals surface area (Å²) in [5, 5.41) is 14.2. The topological polar surface area (TPSA) is 98.7 Å². The number of benzene rings is 2. The highest BCUT2D eigenvalue weighted by Crippen LogP contribution is 2.28. The molecule has 178 valence electrons. The first-order valence-corrected chi connectivity index (χ1v) is 13.4. The van der Waals surface area contributed by atoms with Crippen LogP contribution in [0.1, 0.15) is 17.5 Å². The number of rotatable bonds is 5. The number of aliphatic hydroxyl groups excluding tert-OH is 1. The van der Waals surface area contributed by atoms with Crippen LogP contribution < -0.4 is 10.2 Å². The van der Waals surface area contributed by atoms with Gasteiger partial charge in [-0.05, 0) is 48.2 Å². The maximum Gasteiger partial charge on any atom is 0.175 e. The Kier molecular flexibility index (Phi) is 6.24. The van der Waals surface area contributed by atoms with Crippen LogP contribution >= 0.6 is 0 Å². The molecule has 2 atom stereocenters.